The number of ether oxygens (including phenoxy) is 1. The SMILES string of the molecule is CCC(CC)C(=O)Nc1ccccc1C(C)OC. The maximum atomic E-state index is 12.1. The number of methoxy groups -OCH3 is 1. The van der Waals surface area contributed by atoms with E-state index in [9.17, 15) is 4.79 Å². The van der Waals surface area contributed by atoms with Crippen LogP contribution in [-0.4, -0.2) is 13.0 Å². The van der Waals surface area contributed by atoms with Gasteiger partial charge >= 0.3 is 0 Å². The van der Waals surface area contributed by atoms with Gasteiger partial charge in [-0.3, -0.25) is 4.79 Å². The topological polar surface area (TPSA) is 38.3 Å². The predicted molar refractivity (Wildman–Crippen MR) is 74.6 cm³/mol. The van der Waals surface area contributed by atoms with Crippen LogP contribution in [0.15, 0.2) is 24.3 Å². The van der Waals surface area contributed by atoms with E-state index in [1.165, 1.54) is 0 Å². The third-order valence-corrected chi connectivity index (χ3v) is 3.37. The maximum absolute atomic E-state index is 12.1. The molecule has 18 heavy (non-hydrogen) atoms. The highest BCUT2D eigenvalue weighted by Gasteiger charge is 2.16. The summed E-state index contributed by atoms with van der Waals surface area (Å²) < 4.78 is 5.32. The number of anilines is 1. The summed E-state index contributed by atoms with van der Waals surface area (Å²) in [6.07, 6.45) is 1.71. The van der Waals surface area contributed by atoms with Crippen molar-refractivity contribution in [2.75, 3.05) is 12.4 Å². The lowest BCUT2D eigenvalue weighted by Crippen LogP contribution is -2.22. The summed E-state index contributed by atoms with van der Waals surface area (Å²) in [5.41, 5.74) is 1.86. The number of carbonyl (C=O) groups is 1. The van der Waals surface area contributed by atoms with Gasteiger partial charge in [-0.05, 0) is 25.8 Å². The Kier molecular flexibility index (Phi) is 5.86. The molecule has 1 unspecified atom stereocenters. The number of hydrogen-bond acceptors (Lipinski definition) is 2. The second kappa shape index (κ2) is 7.17. The van der Waals surface area contributed by atoms with Crippen LogP contribution in [0.5, 0.6) is 0 Å². The van der Waals surface area contributed by atoms with E-state index < -0.39 is 0 Å². The van der Waals surface area contributed by atoms with Crippen molar-refractivity contribution >= 4 is 11.6 Å². The van der Waals surface area contributed by atoms with Crippen LogP contribution in [0.3, 0.4) is 0 Å². The Morgan fingerprint density at radius 1 is 1.28 bits per heavy atom. The molecule has 0 fully saturated rings. The van der Waals surface area contributed by atoms with Crippen molar-refractivity contribution in [3.8, 4) is 0 Å². The molecule has 1 amide bonds. The molecule has 0 radical (unpaired) electrons. The molecule has 1 aromatic rings. The average Bonchev–Trinajstić information content (AvgIpc) is 2.40. The highest BCUT2D eigenvalue weighted by Crippen LogP contribution is 2.25. The summed E-state index contributed by atoms with van der Waals surface area (Å²) in [5.74, 6) is 0.173. The molecule has 3 heteroatoms. The second-order valence-corrected chi connectivity index (χ2v) is 4.47. The minimum atomic E-state index is -0.0248. The molecule has 0 bridgehead atoms. The van der Waals surface area contributed by atoms with Crippen LogP contribution in [-0.2, 0) is 9.53 Å². The Labute approximate surface area is 110 Å². The first-order chi connectivity index (χ1) is 8.63. The second-order valence-electron chi connectivity index (χ2n) is 4.47. The van der Waals surface area contributed by atoms with Crippen LogP contribution in [0.25, 0.3) is 0 Å². The van der Waals surface area contributed by atoms with Gasteiger partial charge in [0.1, 0.15) is 0 Å². The minimum Gasteiger partial charge on any atom is -0.377 e. The quantitative estimate of drug-likeness (QED) is 0.833. The number of para-hydroxylation sites is 1. The zero-order chi connectivity index (χ0) is 13.5. The monoisotopic (exact) mass is 249 g/mol. The Bertz CT molecular complexity index is 386. The lowest BCUT2D eigenvalue weighted by molar-refractivity contribution is -0.120. The summed E-state index contributed by atoms with van der Waals surface area (Å²) >= 11 is 0. The molecule has 0 aromatic heterocycles. The molecule has 100 valence electrons. The van der Waals surface area contributed by atoms with Crippen LogP contribution in [0.4, 0.5) is 5.69 Å². The molecule has 0 aliphatic rings. The predicted octanol–water partition coefficient (Wildman–Crippen LogP) is 3.77. The lowest BCUT2D eigenvalue weighted by Gasteiger charge is -2.18. The number of hydrogen-bond donors (Lipinski definition) is 1. The normalized spacial score (nSPS) is 12.5. The largest absolute Gasteiger partial charge is 0.377 e. The van der Waals surface area contributed by atoms with E-state index in [1.807, 2.05) is 45.0 Å². The fraction of sp³-hybridized carbons (Fsp3) is 0.533. The molecule has 0 saturated heterocycles. The number of benzene rings is 1. The third-order valence-electron chi connectivity index (χ3n) is 3.37. The number of amides is 1. The standard InChI is InChI=1S/C15H23NO2/c1-5-12(6-2)15(17)16-14-10-8-7-9-13(14)11(3)18-4/h7-12H,5-6H2,1-4H3,(H,16,17). The van der Waals surface area contributed by atoms with Gasteiger partial charge in [-0.25, -0.2) is 0 Å². The summed E-state index contributed by atoms with van der Waals surface area (Å²) in [6.45, 7) is 6.05. The van der Waals surface area contributed by atoms with E-state index in [4.69, 9.17) is 4.74 Å². The zero-order valence-corrected chi connectivity index (χ0v) is 11.7. The lowest BCUT2D eigenvalue weighted by atomic mass is 10.0. The van der Waals surface area contributed by atoms with Crippen LogP contribution < -0.4 is 5.32 Å². The third kappa shape index (κ3) is 3.57. The molecule has 1 rings (SSSR count). The van der Waals surface area contributed by atoms with Crippen molar-refractivity contribution in [2.24, 2.45) is 5.92 Å². The summed E-state index contributed by atoms with van der Waals surface area (Å²) in [5, 5.41) is 3.01. The molecule has 0 spiro atoms. The highest BCUT2D eigenvalue weighted by atomic mass is 16.5. The summed E-state index contributed by atoms with van der Waals surface area (Å²) in [4.78, 5) is 12.1. The Morgan fingerprint density at radius 3 is 2.44 bits per heavy atom. The van der Waals surface area contributed by atoms with E-state index in [0.29, 0.717) is 0 Å². The zero-order valence-electron chi connectivity index (χ0n) is 11.7. The van der Waals surface area contributed by atoms with Gasteiger partial charge < -0.3 is 10.1 Å². The van der Waals surface area contributed by atoms with Gasteiger partial charge in [0.05, 0.1) is 6.10 Å². The van der Waals surface area contributed by atoms with E-state index in [-0.39, 0.29) is 17.9 Å². The van der Waals surface area contributed by atoms with Gasteiger partial charge in [0.15, 0.2) is 0 Å². The molecule has 1 N–H and O–H groups in total. The first kappa shape index (κ1) is 14.7. The van der Waals surface area contributed by atoms with Gasteiger partial charge in [-0.15, -0.1) is 0 Å². The smallest absolute Gasteiger partial charge is 0.227 e. The van der Waals surface area contributed by atoms with Crippen molar-refractivity contribution in [1.29, 1.82) is 0 Å². The van der Waals surface area contributed by atoms with E-state index >= 15 is 0 Å². The molecular weight excluding hydrogens is 226 g/mol. The van der Waals surface area contributed by atoms with Crippen molar-refractivity contribution in [3.05, 3.63) is 29.8 Å². The van der Waals surface area contributed by atoms with Crippen molar-refractivity contribution in [1.82, 2.24) is 0 Å². The molecular formula is C15H23NO2. The molecule has 0 aliphatic heterocycles. The molecule has 3 nitrogen and oxygen atoms in total. The Balaban J connectivity index is 2.87. The molecule has 0 saturated carbocycles. The van der Waals surface area contributed by atoms with Crippen LogP contribution in [0, 0.1) is 5.92 Å². The van der Waals surface area contributed by atoms with Gasteiger partial charge in [-0.1, -0.05) is 32.0 Å². The number of nitrogens with one attached hydrogen (secondary N) is 1. The molecule has 1 atom stereocenters. The summed E-state index contributed by atoms with van der Waals surface area (Å²) in [7, 11) is 1.67. The van der Waals surface area contributed by atoms with Gasteiger partial charge in [0.2, 0.25) is 5.91 Å². The molecule has 0 aliphatic carbocycles. The number of carbonyl (C=O) groups excluding carboxylic acids is 1. The van der Waals surface area contributed by atoms with Crippen LogP contribution >= 0.6 is 0 Å². The van der Waals surface area contributed by atoms with Crippen LogP contribution in [0.2, 0.25) is 0 Å². The van der Waals surface area contributed by atoms with Crippen molar-refractivity contribution < 1.29 is 9.53 Å². The van der Waals surface area contributed by atoms with Crippen molar-refractivity contribution in [3.63, 3.8) is 0 Å². The van der Waals surface area contributed by atoms with Gasteiger partial charge in [-0.2, -0.15) is 0 Å². The van der Waals surface area contributed by atoms with Crippen molar-refractivity contribution in [2.45, 2.75) is 39.7 Å². The maximum Gasteiger partial charge on any atom is 0.227 e. The number of rotatable bonds is 6. The Morgan fingerprint density at radius 2 is 1.89 bits per heavy atom. The average molecular weight is 249 g/mol. The first-order valence-electron chi connectivity index (χ1n) is 6.56. The van der Waals surface area contributed by atoms with E-state index in [2.05, 4.69) is 5.32 Å². The first-order valence-corrected chi connectivity index (χ1v) is 6.56. The Hall–Kier alpha value is -1.35. The van der Waals surface area contributed by atoms with Gasteiger partial charge in [0, 0.05) is 24.3 Å². The fourth-order valence-electron chi connectivity index (χ4n) is 1.99. The molecule has 0 heterocycles. The van der Waals surface area contributed by atoms with E-state index in [1.54, 1.807) is 7.11 Å². The summed E-state index contributed by atoms with van der Waals surface area (Å²) in [6, 6.07) is 7.79. The van der Waals surface area contributed by atoms with Gasteiger partial charge in [0.25, 0.3) is 0 Å². The van der Waals surface area contributed by atoms with Crippen LogP contribution in [0.1, 0.15) is 45.3 Å². The molecule has 1 aromatic carbocycles. The minimum absolute atomic E-state index is 0.0248. The van der Waals surface area contributed by atoms with E-state index in [0.717, 1.165) is 24.1 Å². The fourth-order valence-corrected chi connectivity index (χ4v) is 1.99. The highest BCUT2D eigenvalue weighted by molar-refractivity contribution is 5.93.